The maximum atomic E-state index is 12.7. The second kappa shape index (κ2) is 7.35. The lowest BCUT2D eigenvalue weighted by molar-refractivity contribution is -0.137. The average molecular weight is 379 g/mol. The van der Waals surface area contributed by atoms with Crippen molar-refractivity contribution < 1.29 is 18.0 Å². The lowest BCUT2D eigenvalue weighted by Crippen LogP contribution is -2.39. The summed E-state index contributed by atoms with van der Waals surface area (Å²) in [6.45, 7) is 3.60. The summed E-state index contributed by atoms with van der Waals surface area (Å²) < 4.78 is 38.0. The first-order valence-corrected chi connectivity index (χ1v) is 8.14. The van der Waals surface area contributed by atoms with Gasteiger partial charge >= 0.3 is 6.18 Å². The van der Waals surface area contributed by atoms with Crippen molar-refractivity contribution in [2.24, 2.45) is 5.92 Å². The number of nitrogens with zero attached hydrogens (tertiary/aromatic N) is 2. The molecule has 24 heavy (non-hydrogen) atoms. The number of hydrogen-bond acceptors (Lipinski definition) is 5. The molecule has 0 spiro atoms. The van der Waals surface area contributed by atoms with Crippen LogP contribution in [0.3, 0.4) is 0 Å². The molecule has 0 saturated carbocycles. The Kier molecular flexibility index (Phi) is 5.66. The second-order valence-electron chi connectivity index (χ2n) is 5.29. The van der Waals surface area contributed by atoms with Crippen molar-refractivity contribution in [3.63, 3.8) is 0 Å². The standard InChI is InChI=1S/C14H14ClF3N4OS/c1-7(2)11(12(23)21-13-22-19-6-24-13)20-10-4-3-8(5-9(10)15)14(16,17)18/h3-7,11,20H,1-2H3,(H,21,22,23). The van der Waals surface area contributed by atoms with Gasteiger partial charge in [-0.15, -0.1) is 10.2 Å². The Morgan fingerprint density at radius 1 is 1.33 bits per heavy atom. The van der Waals surface area contributed by atoms with E-state index in [9.17, 15) is 18.0 Å². The van der Waals surface area contributed by atoms with Crippen molar-refractivity contribution >= 4 is 39.7 Å². The van der Waals surface area contributed by atoms with E-state index in [1.54, 1.807) is 13.8 Å². The number of carbonyl (C=O) groups is 1. The number of alkyl halides is 3. The summed E-state index contributed by atoms with van der Waals surface area (Å²) in [4.78, 5) is 12.3. The molecule has 2 aromatic rings. The summed E-state index contributed by atoms with van der Waals surface area (Å²) in [7, 11) is 0. The summed E-state index contributed by atoms with van der Waals surface area (Å²) >= 11 is 7.08. The van der Waals surface area contributed by atoms with Crippen LogP contribution in [0.2, 0.25) is 5.02 Å². The van der Waals surface area contributed by atoms with Gasteiger partial charge < -0.3 is 5.32 Å². The van der Waals surface area contributed by atoms with Gasteiger partial charge in [-0.2, -0.15) is 13.2 Å². The third kappa shape index (κ3) is 4.57. The van der Waals surface area contributed by atoms with Gasteiger partial charge in [-0.1, -0.05) is 36.8 Å². The molecule has 1 aromatic heterocycles. The van der Waals surface area contributed by atoms with E-state index in [1.165, 1.54) is 11.6 Å². The monoisotopic (exact) mass is 378 g/mol. The Balaban J connectivity index is 2.17. The minimum Gasteiger partial charge on any atom is -0.372 e. The number of amides is 1. The van der Waals surface area contributed by atoms with Crippen LogP contribution in [0, 0.1) is 5.92 Å². The number of hydrogen-bond donors (Lipinski definition) is 2. The van der Waals surface area contributed by atoms with Gasteiger partial charge in [-0.05, 0) is 24.1 Å². The quantitative estimate of drug-likeness (QED) is 0.814. The van der Waals surface area contributed by atoms with E-state index in [0.29, 0.717) is 5.13 Å². The molecular weight excluding hydrogens is 365 g/mol. The molecule has 0 aliphatic rings. The highest BCUT2D eigenvalue weighted by molar-refractivity contribution is 7.13. The summed E-state index contributed by atoms with van der Waals surface area (Å²) in [6, 6.07) is 2.24. The molecule has 1 unspecified atom stereocenters. The van der Waals surface area contributed by atoms with Crippen molar-refractivity contribution in [2.45, 2.75) is 26.1 Å². The number of anilines is 2. The Hall–Kier alpha value is -1.87. The summed E-state index contributed by atoms with van der Waals surface area (Å²) in [6.07, 6.45) is -4.48. The molecule has 1 heterocycles. The molecule has 0 saturated heterocycles. The van der Waals surface area contributed by atoms with Gasteiger partial charge in [0.05, 0.1) is 16.3 Å². The van der Waals surface area contributed by atoms with Crippen LogP contribution in [0.5, 0.6) is 0 Å². The van der Waals surface area contributed by atoms with Crippen LogP contribution in [-0.2, 0) is 11.0 Å². The Morgan fingerprint density at radius 2 is 2.04 bits per heavy atom. The van der Waals surface area contributed by atoms with E-state index in [4.69, 9.17) is 11.6 Å². The molecule has 2 rings (SSSR count). The highest BCUT2D eigenvalue weighted by Crippen LogP contribution is 2.34. The number of rotatable bonds is 5. The van der Waals surface area contributed by atoms with Crippen LogP contribution in [-0.4, -0.2) is 22.1 Å². The predicted molar refractivity (Wildman–Crippen MR) is 87.2 cm³/mol. The third-order valence-corrected chi connectivity index (χ3v) is 4.07. The van der Waals surface area contributed by atoms with Gasteiger partial charge in [0, 0.05) is 0 Å². The highest BCUT2D eigenvalue weighted by atomic mass is 35.5. The molecule has 1 atom stereocenters. The summed E-state index contributed by atoms with van der Waals surface area (Å²) in [5, 5.41) is 13.0. The predicted octanol–water partition coefficient (Wildman–Crippen LogP) is 4.29. The lowest BCUT2D eigenvalue weighted by Gasteiger charge is -2.23. The van der Waals surface area contributed by atoms with E-state index in [1.807, 2.05) is 0 Å². The number of nitrogens with one attached hydrogen (secondary N) is 2. The number of carbonyl (C=O) groups excluding carboxylic acids is 1. The highest BCUT2D eigenvalue weighted by Gasteiger charge is 2.31. The van der Waals surface area contributed by atoms with E-state index < -0.39 is 17.8 Å². The smallest absolute Gasteiger partial charge is 0.372 e. The van der Waals surface area contributed by atoms with Crippen molar-refractivity contribution in [1.29, 1.82) is 0 Å². The molecule has 0 aliphatic carbocycles. The van der Waals surface area contributed by atoms with Gasteiger partial charge in [0.2, 0.25) is 11.0 Å². The minimum atomic E-state index is -4.48. The topological polar surface area (TPSA) is 66.9 Å². The summed E-state index contributed by atoms with van der Waals surface area (Å²) in [5.41, 5.74) is 0.869. The molecule has 0 aliphatic heterocycles. The van der Waals surface area contributed by atoms with Crippen LogP contribution in [0.25, 0.3) is 0 Å². The fourth-order valence-electron chi connectivity index (χ4n) is 1.92. The Morgan fingerprint density at radius 3 is 2.54 bits per heavy atom. The van der Waals surface area contributed by atoms with Crippen molar-refractivity contribution in [3.05, 3.63) is 34.3 Å². The van der Waals surface area contributed by atoms with E-state index in [2.05, 4.69) is 20.8 Å². The van der Waals surface area contributed by atoms with Gasteiger partial charge in [-0.3, -0.25) is 10.1 Å². The molecule has 0 bridgehead atoms. The molecule has 5 nitrogen and oxygen atoms in total. The first kappa shape index (κ1) is 18.5. The van der Waals surface area contributed by atoms with E-state index in [-0.39, 0.29) is 22.5 Å². The molecule has 10 heteroatoms. The van der Waals surface area contributed by atoms with Gasteiger partial charge in [0.1, 0.15) is 11.6 Å². The zero-order chi connectivity index (χ0) is 17.9. The van der Waals surface area contributed by atoms with Crippen LogP contribution in [0.4, 0.5) is 24.0 Å². The average Bonchev–Trinajstić information content (AvgIpc) is 2.97. The maximum absolute atomic E-state index is 12.7. The molecule has 1 amide bonds. The SMILES string of the molecule is CC(C)C(Nc1ccc(C(F)(F)F)cc1Cl)C(=O)Nc1nncs1. The van der Waals surface area contributed by atoms with Gasteiger partial charge in [0.25, 0.3) is 0 Å². The van der Waals surface area contributed by atoms with Crippen LogP contribution in [0.1, 0.15) is 19.4 Å². The lowest BCUT2D eigenvalue weighted by atomic mass is 10.0. The van der Waals surface area contributed by atoms with Crippen molar-refractivity contribution in [1.82, 2.24) is 10.2 Å². The molecule has 130 valence electrons. The van der Waals surface area contributed by atoms with Crippen LogP contribution < -0.4 is 10.6 Å². The molecular formula is C14H14ClF3N4OS. The molecule has 0 radical (unpaired) electrons. The molecule has 2 N–H and O–H groups in total. The second-order valence-corrected chi connectivity index (χ2v) is 6.53. The van der Waals surface area contributed by atoms with Crippen molar-refractivity contribution in [2.75, 3.05) is 10.6 Å². The molecule has 0 fully saturated rings. The van der Waals surface area contributed by atoms with Crippen molar-refractivity contribution in [3.8, 4) is 0 Å². The van der Waals surface area contributed by atoms with E-state index >= 15 is 0 Å². The normalized spacial score (nSPS) is 13.0. The Labute approximate surface area is 145 Å². The number of halogens is 4. The summed E-state index contributed by atoms with van der Waals surface area (Å²) in [5.74, 6) is -0.519. The first-order chi connectivity index (χ1) is 11.2. The zero-order valence-corrected chi connectivity index (χ0v) is 14.3. The number of benzene rings is 1. The van der Waals surface area contributed by atoms with Gasteiger partial charge in [-0.25, -0.2) is 0 Å². The maximum Gasteiger partial charge on any atom is 0.416 e. The van der Waals surface area contributed by atoms with Crippen LogP contribution >= 0.6 is 22.9 Å². The minimum absolute atomic E-state index is 0.112. The van der Waals surface area contributed by atoms with E-state index in [0.717, 1.165) is 23.5 Å². The first-order valence-electron chi connectivity index (χ1n) is 6.89. The fourth-order valence-corrected chi connectivity index (χ4v) is 2.60. The molecule has 1 aromatic carbocycles. The fraction of sp³-hybridized carbons (Fsp3) is 0.357. The van der Waals surface area contributed by atoms with Gasteiger partial charge in [0.15, 0.2) is 0 Å². The largest absolute Gasteiger partial charge is 0.416 e. The number of aromatic nitrogens is 2. The zero-order valence-electron chi connectivity index (χ0n) is 12.7. The Bertz CT molecular complexity index is 707. The van der Waals surface area contributed by atoms with Crippen LogP contribution in [0.15, 0.2) is 23.7 Å². The third-order valence-electron chi connectivity index (χ3n) is 3.15.